The minimum Gasteiger partial charge on any atom is -0.450 e. The van der Waals surface area contributed by atoms with Crippen molar-refractivity contribution in [3.8, 4) is 0 Å². The van der Waals surface area contributed by atoms with E-state index in [-0.39, 0.29) is 12.0 Å². The summed E-state index contributed by atoms with van der Waals surface area (Å²) in [6.07, 6.45) is 1.06. The van der Waals surface area contributed by atoms with E-state index in [1.54, 1.807) is 24.0 Å². The fourth-order valence-corrected chi connectivity index (χ4v) is 3.06. The van der Waals surface area contributed by atoms with Gasteiger partial charge in [-0.1, -0.05) is 18.2 Å². The zero-order valence-electron chi connectivity index (χ0n) is 16.5. The van der Waals surface area contributed by atoms with Gasteiger partial charge >= 0.3 is 6.09 Å². The maximum absolute atomic E-state index is 12.4. The molecule has 4 N–H and O–H groups in total. The van der Waals surface area contributed by atoms with Crippen molar-refractivity contribution < 1.29 is 14.3 Å². The maximum Gasteiger partial charge on any atom is 0.409 e. The molecule has 0 atom stereocenters. The minimum absolute atomic E-state index is 0.286. The number of nitrogens with two attached hydrogens (primary N) is 1. The molecule has 10 nitrogen and oxygen atoms in total. The largest absolute Gasteiger partial charge is 0.450 e. The Morgan fingerprint density at radius 1 is 1.17 bits per heavy atom. The Morgan fingerprint density at radius 3 is 2.59 bits per heavy atom. The van der Waals surface area contributed by atoms with Gasteiger partial charge in [-0.15, -0.1) is 0 Å². The molecule has 0 unspecified atom stereocenters. The number of benzene rings is 1. The van der Waals surface area contributed by atoms with Crippen molar-refractivity contribution >= 4 is 29.3 Å². The summed E-state index contributed by atoms with van der Waals surface area (Å²) < 4.78 is 5.03. The number of ether oxygens (including phenoxy) is 1. The van der Waals surface area contributed by atoms with Crippen LogP contribution in [0.4, 0.5) is 22.1 Å². The van der Waals surface area contributed by atoms with Crippen LogP contribution in [0.3, 0.4) is 0 Å². The number of rotatable bonds is 5. The van der Waals surface area contributed by atoms with E-state index in [1.165, 1.54) is 6.33 Å². The number of hydrogen-bond donors (Lipinski definition) is 3. The monoisotopic (exact) mass is 399 g/mol. The van der Waals surface area contributed by atoms with Gasteiger partial charge in [0.25, 0.3) is 5.91 Å². The molecule has 29 heavy (non-hydrogen) atoms. The molecular weight excluding hydrogens is 374 g/mol. The first-order valence-electron chi connectivity index (χ1n) is 9.40. The Morgan fingerprint density at radius 2 is 1.90 bits per heavy atom. The van der Waals surface area contributed by atoms with Crippen LogP contribution in [-0.4, -0.2) is 59.7 Å². The molecule has 1 aliphatic heterocycles. The highest BCUT2D eigenvalue weighted by atomic mass is 16.6. The van der Waals surface area contributed by atoms with Gasteiger partial charge in [-0.2, -0.15) is 0 Å². The van der Waals surface area contributed by atoms with E-state index in [0.717, 1.165) is 5.56 Å². The van der Waals surface area contributed by atoms with Gasteiger partial charge in [0.1, 0.15) is 12.0 Å². The predicted molar refractivity (Wildman–Crippen MR) is 110 cm³/mol. The summed E-state index contributed by atoms with van der Waals surface area (Å²) in [4.78, 5) is 36.2. The number of hydrogen-bond acceptors (Lipinski definition) is 8. The molecule has 10 heteroatoms. The Balaban J connectivity index is 1.64. The molecule has 2 aromatic rings. The normalized spacial score (nSPS) is 13.7. The SMILES string of the molecule is CCOC(=O)N1CCN(c2ncnc(NNC(=O)c3ccccc3C)c2N)CC1. The number of nitrogen functional groups attached to an aromatic ring is 1. The van der Waals surface area contributed by atoms with Gasteiger partial charge in [0.15, 0.2) is 11.6 Å². The van der Waals surface area contributed by atoms with Crippen LogP contribution in [0, 0.1) is 6.92 Å². The van der Waals surface area contributed by atoms with Crippen molar-refractivity contribution in [3.63, 3.8) is 0 Å². The fraction of sp³-hybridized carbons (Fsp3) is 0.368. The van der Waals surface area contributed by atoms with Crippen LogP contribution in [0.5, 0.6) is 0 Å². The summed E-state index contributed by atoms with van der Waals surface area (Å²) in [5.74, 6) is 0.576. The third kappa shape index (κ3) is 4.65. The number of hydrazine groups is 1. The molecule has 1 aromatic heterocycles. The number of carbonyl (C=O) groups excluding carboxylic acids is 2. The number of carbonyl (C=O) groups is 2. The number of aromatic nitrogens is 2. The van der Waals surface area contributed by atoms with E-state index >= 15 is 0 Å². The summed E-state index contributed by atoms with van der Waals surface area (Å²) in [6, 6.07) is 7.27. The van der Waals surface area contributed by atoms with Crippen molar-refractivity contribution in [2.24, 2.45) is 0 Å². The lowest BCUT2D eigenvalue weighted by atomic mass is 10.1. The first-order chi connectivity index (χ1) is 14.0. The molecule has 1 aliphatic rings. The van der Waals surface area contributed by atoms with Crippen LogP contribution in [0.2, 0.25) is 0 Å². The van der Waals surface area contributed by atoms with Crippen molar-refractivity contribution in [2.45, 2.75) is 13.8 Å². The Bertz CT molecular complexity index is 882. The van der Waals surface area contributed by atoms with Gasteiger partial charge in [-0.3, -0.25) is 15.6 Å². The first kappa shape index (κ1) is 20.2. The molecule has 3 rings (SSSR count). The zero-order valence-corrected chi connectivity index (χ0v) is 16.5. The highest BCUT2D eigenvalue weighted by Gasteiger charge is 2.24. The second-order valence-electron chi connectivity index (χ2n) is 6.53. The Hall–Kier alpha value is -3.56. The molecule has 2 heterocycles. The van der Waals surface area contributed by atoms with Crippen LogP contribution in [0.25, 0.3) is 0 Å². The molecule has 0 spiro atoms. The molecule has 0 saturated carbocycles. The molecule has 1 fully saturated rings. The second kappa shape index (κ2) is 9.09. The Kier molecular flexibility index (Phi) is 6.32. The van der Waals surface area contributed by atoms with Gasteiger partial charge in [0.05, 0.1) is 6.61 Å². The van der Waals surface area contributed by atoms with Crippen LogP contribution in [-0.2, 0) is 4.74 Å². The zero-order chi connectivity index (χ0) is 20.8. The lowest BCUT2D eigenvalue weighted by molar-refractivity contribution is 0.0961. The van der Waals surface area contributed by atoms with Crippen LogP contribution in [0.15, 0.2) is 30.6 Å². The van der Waals surface area contributed by atoms with Gasteiger partial charge in [-0.05, 0) is 25.5 Å². The molecule has 2 amide bonds. The van der Waals surface area contributed by atoms with Crippen LogP contribution < -0.4 is 21.5 Å². The van der Waals surface area contributed by atoms with Crippen LogP contribution >= 0.6 is 0 Å². The maximum atomic E-state index is 12.4. The molecule has 0 bridgehead atoms. The van der Waals surface area contributed by atoms with E-state index in [2.05, 4.69) is 20.8 Å². The summed E-state index contributed by atoms with van der Waals surface area (Å²) in [5, 5.41) is 0. The van der Waals surface area contributed by atoms with Crippen LogP contribution in [0.1, 0.15) is 22.8 Å². The van der Waals surface area contributed by atoms with Crippen molar-refractivity contribution in [1.29, 1.82) is 0 Å². The van der Waals surface area contributed by atoms with Gasteiger partial charge in [0.2, 0.25) is 0 Å². The highest BCUT2D eigenvalue weighted by molar-refractivity contribution is 5.96. The van der Waals surface area contributed by atoms with Crippen molar-refractivity contribution in [1.82, 2.24) is 20.3 Å². The van der Waals surface area contributed by atoms with E-state index in [9.17, 15) is 9.59 Å². The average molecular weight is 399 g/mol. The smallest absolute Gasteiger partial charge is 0.409 e. The van der Waals surface area contributed by atoms with E-state index in [4.69, 9.17) is 10.5 Å². The molecule has 0 radical (unpaired) electrons. The number of nitrogens with one attached hydrogen (secondary N) is 2. The van der Waals surface area contributed by atoms with E-state index < -0.39 is 0 Å². The summed E-state index contributed by atoms with van der Waals surface area (Å²) in [5.41, 5.74) is 13.4. The minimum atomic E-state index is -0.316. The molecule has 154 valence electrons. The standard InChI is InChI=1S/C19H25N7O3/c1-3-29-19(28)26-10-8-25(9-11-26)17-15(20)16(21-12-22-17)23-24-18(27)14-7-5-4-6-13(14)2/h4-7,12H,3,8-11,20H2,1-2H3,(H,24,27)(H,21,22,23). The van der Waals surface area contributed by atoms with Gasteiger partial charge in [0, 0.05) is 31.7 Å². The second-order valence-corrected chi connectivity index (χ2v) is 6.53. The molecule has 1 aromatic carbocycles. The van der Waals surface area contributed by atoms with Gasteiger partial charge in [-0.25, -0.2) is 14.8 Å². The number of amides is 2. The van der Waals surface area contributed by atoms with E-state index in [1.807, 2.05) is 24.0 Å². The highest BCUT2D eigenvalue weighted by Crippen LogP contribution is 2.26. The van der Waals surface area contributed by atoms with Gasteiger partial charge < -0.3 is 20.3 Å². The quantitative estimate of drug-likeness (QED) is 0.644. The number of nitrogens with zero attached hydrogens (tertiary/aromatic N) is 4. The number of anilines is 3. The van der Waals surface area contributed by atoms with E-state index in [0.29, 0.717) is 55.7 Å². The first-order valence-corrected chi connectivity index (χ1v) is 9.40. The lowest BCUT2D eigenvalue weighted by Crippen LogP contribution is -2.49. The molecule has 0 aliphatic carbocycles. The lowest BCUT2D eigenvalue weighted by Gasteiger charge is -2.35. The predicted octanol–water partition coefficient (Wildman–Crippen LogP) is 1.40. The third-order valence-corrected chi connectivity index (χ3v) is 4.65. The fourth-order valence-electron chi connectivity index (χ4n) is 3.06. The molecular formula is C19H25N7O3. The van der Waals surface area contributed by atoms with Crippen molar-refractivity contribution in [3.05, 3.63) is 41.7 Å². The summed E-state index contributed by atoms with van der Waals surface area (Å²) in [6.45, 7) is 6.14. The topological polar surface area (TPSA) is 126 Å². The third-order valence-electron chi connectivity index (χ3n) is 4.65. The number of piperazine rings is 1. The Labute approximate surface area is 169 Å². The average Bonchev–Trinajstić information content (AvgIpc) is 2.73. The summed E-state index contributed by atoms with van der Waals surface area (Å²) >= 11 is 0. The molecule has 1 saturated heterocycles. The summed E-state index contributed by atoms with van der Waals surface area (Å²) in [7, 11) is 0. The van der Waals surface area contributed by atoms with Crippen molar-refractivity contribution in [2.75, 3.05) is 48.8 Å². The number of aryl methyl sites for hydroxylation is 1.